The Kier molecular flexibility index (Phi) is 4.09. The lowest BCUT2D eigenvalue weighted by atomic mass is 10.1. The second kappa shape index (κ2) is 6.07. The molecular weight excluding hydrogens is 306 g/mol. The van der Waals surface area contributed by atoms with Crippen molar-refractivity contribution in [2.75, 3.05) is 20.6 Å². The smallest absolute Gasteiger partial charge is 0.275 e. The summed E-state index contributed by atoms with van der Waals surface area (Å²) in [6, 6.07) is 7.22. The molecule has 1 saturated heterocycles. The van der Waals surface area contributed by atoms with Gasteiger partial charge in [-0.25, -0.2) is 9.37 Å². The van der Waals surface area contributed by atoms with Crippen LogP contribution in [0.15, 0.2) is 29.3 Å². The van der Waals surface area contributed by atoms with Crippen LogP contribution in [-0.2, 0) is 11.3 Å². The van der Waals surface area contributed by atoms with E-state index in [1.54, 1.807) is 7.05 Å². The van der Waals surface area contributed by atoms with E-state index in [1.807, 2.05) is 36.6 Å². The van der Waals surface area contributed by atoms with Gasteiger partial charge in [-0.2, -0.15) is 0 Å². The number of aryl methyl sites for hydroxylation is 1. The van der Waals surface area contributed by atoms with E-state index in [9.17, 15) is 9.59 Å². The maximum absolute atomic E-state index is 12.7. The third-order valence-electron chi connectivity index (χ3n) is 4.30. The van der Waals surface area contributed by atoms with Crippen LogP contribution in [0.3, 0.4) is 0 Å². The Morgan fingerprint density at radius 1 is 1.25 bits per heavy atom. The number of benzene rings is 1. The topological polar surface area (TPSA) is 68.0 Å². The van der Waals surface area contributed by atoms with Crippen molar-refractivity contribution in [1.29, 1.82) is 0 Å². The van der Waals surface area contributed by atoms with Crippen LogP contribution in [0, 0.1) is 6.92 Å². The number of imide groups is 1. The predicted molar refractivity (Wildman–Crippen MR) is 91.0 cm³/mol. The van der Waals surface area contributed by atoms with E-state index in [2.05, 4.69) is 16.4 Å². The highest BCUT2D eigenvalue weighted by molar-refractivity contribution is 6.22. The fraction of sp³-hybridized carbons (Fsp3) is 0.412. The molecule has 126 valence electrons. The highest BCUT2D eigenvalue weighted by Crippen LogP contribution is 2.20. The van der Waals surface area contributed by atoms with Crippen molar-refractivity contribution in [2.24, 2.45) is 4.99 Å². The van der Waals surface area contributed by atoms with Crippen LogP contribution in [0.25, 0.3) is 0 Å². The molecule has 1 atom stereocenters. The highest BCUT2D eigenvalue weighted by atomic mass is 16.2. The average molecular weight is 328 g/mol. The minimum atomic E-state index is -0.577. The molecule has 0 spiro atoms. The van der Waals surface area contributed by atoms with E-state index in [0.29, 0.717) is 24.9 Å². The van der Waals surface area contributed by atoms with Crippen LogP contribution in [-0.4, -0.2) is 64.8 Å². The number of urea groups is 1. The fourth-order valence-electron chi connectivity index (χ4n) is 3.07. The minimum absolute atomic E-state index is 0.252. The van der Waals surface area contributed by atoms with Crippen molar-refractivity contribution in [1.82, 2.24) is 15.1 Å². The van der Waals surface area contributed by atoms with Crippen molar-refractivity contribution in [3.8, 4) is 0 Å². The summed E-state index contributed by atoms with van der Waals surface area (Å²) < 4.78 is 1.93. The zero-order chi connectivity index (χ0) is 17.4. The van der Waals surface area contributed by atoms with Crippen molar-refractivity contribution in [3.05, 3.63) is 35.4 Å². The Hall–Kier alpha value is -2.70. The van der Waals surface area contributed by atoms with Gasteiger partial charge in [0.2, 0.25) is 11.9 Å². The van der Waals surface area contributed by atoms with Crippen molar-refractivity contribution < 1.29 is 14.2 Å². The molecule has 7 heteroatoms. The fourth-order valence-corrected chi connectivity index (χ4v) is 3.07. The standard InChI is InChI=1S/C17H21N5O2/c1-5-18-16-19-14-13(15(23)21(4)17(24)20(14)3)22(16)10-12-8-6-7-11(2)9-12/h6-9,13H,5,10H2,1-4H3/p+1. The van der Waals surface area contributed by atoms with Crippen molar-refractivity contribution in [3.63, 3.8) is 0 Å². The van der Waals surface area contributed by atoms with Gasteiger partial charge in [-0.15, -0.1) is 0 Å². The molecule has 0 aromatic heterocycles. The number of aliphatic imine (C=N–C) groups is 1. The Balaban J connectivity index is 2.01. The number of guanidine groups is 1. The normalized spacial score (nSPS) is 20.5. The number of fused-ring (bicyclic) bond motifs is 1. The summed E-state index contributed by atoms with van der Waals surface area (Å²) in [6.07, 6.45) is 0. The van der Waals surface area contributed by atoms with Gasteiger partial charge in [0.1, 0.15) is 0 Å². The zero-order valence-electron chi connectivity index (χ0n) is 14.4. The first-order chi connectivity index (χ1) is 11.4. The third-order valence-corrected chi connectivity index (χ3v) is 4.30. The zero-order valence-corrected chi connectivity index (χ0v) is 14.4. The van der Waals surface area contributed by atoms with Crippen LogP contribution in [0.5, 0.6) is 0 Å². The van der Waals surface area contributed by atoms with Gasteiger partial charge in [-0.05, 0) is 19.4 Å². The van der Waals surface area contributed by atoms with Gasteiger partial charge >= 0.3 is 12.0 Å². The van der Waals surface area contributed by atoms with E-state index in [0.717, 1.165) is 16.0 Å². The van der Waals surface area contributed by atoms with E-state index >= 15 is 0 Å². The monoisotopic (exact) mass is 328 g/mol. The predicted octanol–water partition coefficient (Wildman–Crippen LogP) is 0.778. The molecule has 1 aromatic rings. The number of nitrogens with zero attached hydrogens (tertiary/aromatic N) is 4. The molecule has 1 unspecified atom stereocenters. The number of amides is 3. The molecule has 2 aliphatic rings. The second-order valence-electron chi connectivity index (χ2n) is 6.08. The van der Waals surface area contributed by atoms with Crippen molar-refractivity contribution >= 4 is 23.7 Å². The van der Waals surface area contributed by atoms with Crippen LogP contribution in [0.2, 0.25) is 0 Å². The summed E-state index contributed by atoms with van der Waals surface area (Å²) in [6.45, 7) is 5.24. The Bertz CT molecular complexity index is 768. The summed E-state index contributed by atoms with van der Waals surface area (Å²) in [5.41, 5.74) is 2.26. The molecule has 3 rings (SSSR count). The number of hydrogen-bond donors (Lipinski definition) is 1. The molecular formula is C17H22N5O2+. The lowest BCUT2D eigenvalue weighted by molar-refractivity contribution is -0.553. The number of carbonyl (C=O) groups is 2. The number of nitrogens with one attached hydrogen (secondary N) is 1. The summed E-state index contributed by atoms with van der Waals surface area (Å²) in [4.78, 5) is 32.0. The summed E-state index contributed by atoms with van der Waals surface area (Å²) in [5.74, 6) is 0.853. The van der Waals surface area contributed by atoms with Crippen LogP contribution in [0.4, 0.5) is 4.79 Å². The Labute approximate surface area is 141 Å². The maximum Gasteiger partial charge on any atom is 0.390 e. The first-order valence-corrected chi connectivity index (χ1v) is 8.01. The summed E-state index contributed by atoms with van der Waals surface area (Å²) in [7, 11) is 3.16. The molecule has 0 radical (unpaired) electrons. The minimum Gasteiger partial charge on any atom is -0.275 e. The Morgan fingerprint density at radius 3 is 2.67 bits per heavy atom. The molecule has 3 amide bonds. The number of amidine groups is 1. The SMILES string of the molecule is CCNC1=[N+](Cc2cccc(C)c2)C2C(=O)N(C)C(=O)N(C)C2=N1. The molecule has 2 aliphatic heterocycles. The van der Waals surface area contributed by atoms with Gasteiger partial charge in [0, 0.05) is 14.1 Å². The maximum atomic E-state index is 12.7. The third kappa shape index (κ3) is 2.55. The first-order valence-electron chi connectivity index (χ1n) is 8.01. The molecule has 24 heavy (non-hydrogen) atoms. The lowest BCUT2D eigenvalue weighted by Gasteiger charge is -2.31. The second-order valence-corrected chi connectivity index (χ2v) is 6.08. The van der Waals surface area contributed by atoms with Gasteiger partial charge in [0.05, 0.1) is 13.1 Å². The molecule has 0 saturated carbocycles. The molecule has 0 aliphatic carbocycles. The summed E-state index contributed by atoms with van der Waals surface area (Å²) >= 11 is 0. The summed E-state index contributed by atoms with van der Waals surface area (Å²) in [5, 5.41) is 3.20. The quantitative estimate of drug-likeness (QED) is 0.834. The first kappa shape index (κ1) is 16.2. The number of likely N-dealkylation sites (N-methyl/N-ethyl adjacent to an activating group) is 2. The van der Waals surface area contributed by atoms with Gasteiger partial charge in [-0.1, -0.05) is 34.8 Å². The lowest BCUT2D eigenvalue weighted by Crippen LogP contribution is -2.61. The van der Waals surface area contributed by atoms with Gasteiger partial charge < -0.3 is 0 Å². The average Bonchev–Trinajstić information content (AvgIpc) is 2.90. The van der Waals surface area contributed by atoms with Crippen LogP contribution < -0.4 is 5.32 Å². The van der Waals surface area contributed by atoms with Gasteiger partial charge in [0.15, 0.2) is 0 Å². The molecule has 0 bridgehead atoms. The number of rotatable bonds is 3. The van der Waals surface area contributed by atoms with E-state index in [4.69, 9.17) is 0 Å². The Morgan fingerprint density at radius 2 is 2.00 bits per heavy atom. The highest BCUT2D eigenvalue weighted by Gasteiger charge is 2.51. The van der Waals surface area contributed by atoms with Crippen LogP contribution >= 0.6 is 0 Å². The van der Waals surface area contributed by atoms with E-state index < -0.39 is 6.04 Å². The largest absolute Gasteiger partial charge is 0.390 e. The molecule has 2 heterocycles. The van der Waals surface area contributed by atoms with Crippen molar-refractivity contribution in [2.45, 2.75) is 26.4 Å². The number of carbonyl (C=O) groups excluding carboxylic acids is 2. The molecule has 7 nitrogen and oxygen atoms in total. The number of hydrogen-bond acceptors (Lipinski definition) is 4. The van der Waals surface area contributed by atoms with E-state index in [1.165, 1.54) is 11.9 Å². The van der Waals surface area contributed by atoms with Crippen LogP contribution in [0.1, 0.15) is 18.1 Å². The van der Waals surface area contributed by atoms with E-state index in [-0.39, 0.29) is 11.9 Å². The van der Waals surface area contributed by atoms with Gasteiger partial charge in [0.25, 0.3) is 5.91 Å². The molecule has 1 N–H and O–H groups in total. The van der Waals surface area contributed by atoms with Gasteiger partial charge in [-0.3, -0.25) is 19.9 Å². The molecule has 1 fully saturated rings. The molecule has 1 aromatic carbocycles.